The molecule has 0 bridgehead atoms. The zero-order chi connectivity index (χ0) is 12.8. The summed E-state index contributed by atoms with van der Waals surface area (Å²) in [5.41, 5.74) is 0. The summed E-state index contributed by atoms with van der Waals surface area (Å²) >= 11 is 6.95. The van der Waals surface area contributed by atoms with Crippen LogP contribution in [0.15, 0.2) is 11.4 Å². The number of methoxy groups -OCH3 is 2. The van der Waals surface area contributed by atoms with Gasteiger partial charge in [-0.3, -0.25) is 9.59 Å². The van der Waals surface area contributed by atoms with Crippen LogP contribution < -0.4 is 10.1 Å². The second kappa shape index (κ2) is 6.46. The van der Waals surface area contributed by atoms with E-state index in [-0.39, 0.29) is 12.5 Å². The van der Waals surface area contributed by atoms with Crippen LogP contribution in [0.4, 0.5) is 0 Å². The maximum absolute atomic E-state index is 11.7. The predicted molar refractivity (Wildman–Crippen MR) is 64.9 cm³/mol. The van der Waals surface area contributed by atoms with Crippen LogP contribution >= 0.6 is 22.9 Å². The average molecular weight is 278 g/mol. The molecule has 7 heteroatoms. The van der Waals surface area contributed by atoms with Crippen LogP contribution in [-0.2, 0) is 9.53 Å². The van der Waals surface area contributed by atoms with E-state index < -0.39 is 11.3 Å². The molecule has 1 atom stereocenters. The minimum atomic E-state index is -0.894. The predicted octanol–water partition coefficient (Wildman–Crippen LogP) is 1.27. The van der Waals surface area contributed by atoms with Gasteiger partial charge in [0.2, 0.25) is 0 Å². The van der Waals surface area contributed by atoms with Crippen LogP contribution in [0.25, 0.3) is 0 Å². The molecule has 0 aromatic carbocycles. The molecule has 0 fully saturated rings. The lowest BCUT2D eigenvalue weighted by Crippen LogP contribution is -2.33. The van der Waals surface area contributed by atoms with E-state index in [1.165, 1.54) is 25.6 Å². The fraction of sp³-hybridized carbons (Fsp3) is 0.400. The summed E-state index contributed by atoms with van der Waals surface area (Å²) in [6.07, 6.45) is 0. The molecule has 17 heavy (non-hydrogen) atoms. The van der Waals surface area contributed by atoms with Gasteiger partial charge in [0.1, 0.15) is 16.0 Å². The smallest absolute Gasteiger partial charge is 0.325 e. The molecule has 1 N–H and O–H groups in total. The normalized spacial score (nSPS) is 11.7. The number of thiophene rings is 1. The molecule has 0 spiro atoms. The Bertz CT molecular complexity index is 407. The summed E-state index contributed by atoms with van der Waals surface area (Å²) < 4.78 is 9.44. The standard InChI is InChI=1S/C10H12ClNO4S/c1-15-7-3-4-17-8(7)9(13)12-5-6(11)10(14)16-2/h3-4,6H,5H2,1-2H3,(H,12,13). The molecule has 1 unspecified atom stereocenters. The van der Waals surface area contributed by atoms with Gasteiger partial charge in [-0.1, -0.05) is 0 Å². The van der Waals surface area contributed by atoms with Crippen molar-refractivity contribution in [3.05, 3.63) is 16.3 Å². The second-order valence-corrected chi connectivity index (χ2v) is 4.46. The molecule has 0 saturated heterocycles. The zero-order valence-corrected chi connectivity index (χ0v) is 10.9. The fourth-order valence-electron chi connectivity index (χ4n) is 1.10. The molecule has 0 radical (unpaired) electrons. The van der Waals surface area contributed by atoms with Crippen molar-refractivity contribution in [2.45, 2.75) is 5.38 Å². The van der Waals surface area contributed by atoms with E-state index >= 15 is 0 Å². The number of rotatable bonds is 5. The molecule has 0 aliphatic rings. The third kappa shape index (κ3) is 3.61. The monoisotopic (exact) mass is 277 g/mol. The molecule has 5 nitrogen and oxygen atoms in total. The SMILES string of the molecule is COC(=O)C(Cl)CNC(=O)c1sccc1OC. The van der Waals surface area contributed by atoms with Gasteiger partial charge in [-0.05, 0) is 11.4 Å². The highest BCUT2D eigenvalue weighted by atomic mass is 35.5. The number of carbonyl (C=O) groups is 2. The molecule has 1 aromatic rings. The number of hydrogen-bond donors (Lipinski definition) is 1. The van der Waals surface area contributed by atoms with Gasteiger partial charge in [0, 0.05) is 6.54 Å². The minimum absolute atomic E-state index is 0.00805. The van der Waals surface area contributed by atoms with E-state index in [0.717, 1.165) is 0 Å². The molecule has 1 heterocycles. The molecule has 1 aromatic heterocycles. The summed E-state index contributed by atoms with van der Waals surface area (Å²) in [6, 6.07) is 1.69. The first-order valence-electron chi connectivity index (χ1n) is 4.71. The molecule has 1 amide bonds. The number of nitrogens with one attached hydrogen (secondary N) is 1. The lowest BCUT2D eigenvalue weighted by atomic mass is 10.3. The van der Waals surface area contributed by atoms with Crippen LogP contribution in [-0.4, -0.2) is 38.0 Å². The highest BCUT2D eigenvalue weighted by Gasteiger charge is 2.19. The summed E-state index contributed by atoms with van der Waals surface area (Å²) in [6.45, 7) is 0.00805. The Kier molecular flexibility index (Phi) is 5.24. The molecule has 0 saturated carbocycles. The zero-order valence-electron chi connectivity index (χ0n) is 9.36. The number of esters is 1. The van der Waals surface area contributed by atoms with Gasteiger partial charge in [0.15, 0.2) is 0 Å². The third-order valence-electron chi connectivity index (χ3n) is 1.95. The number of halogens is 1. The summed E-state index contributed by atoms with van der Waals surface area (Å²) in [5.74, 6) is -0.409. The van der Waals surface area contributed by atoms with Crippen molar-refractivity contribution in [1.29, 1.82) is 0 Å². The number of alkyl halides is 1. The van der Waals surface area contributed by atoms with Crippen LogP contribution in [0.3, 0.4) is 0 Å². The lowest BCUT2D eigenvalue weighted by Gasteiger charge is -2.08. The van der Waals surface area contributed by atoms with Crippen LogP contribution in [0.2, 0.25) is 0 Å². The van der Waals surface area contributed by atoms with Gasteiger partial charge in [0.25, 0.3) is 5.91 Å². The maximum Gasteiger partial charge on any atom is 0.325 e. The molecule has 1 rings (SSSR count). The van der Waals surface area contributed by atoms with Crippen LogP contribution in [0, 0.1) is 0 Å². The van der Waals surface area contributed by atoms with Crippen LogP contribution in [0.5, 0.6) is 5.75 Å². The van der Waals surface area contributed by atoms with E-state index in [0.29, 0.717) is 10.6 Å². The first kappa shape index (κ1) is 13.8. The number of ether oxygens (including phenoxy) is 2. The topological polar surface area (TPSA) is 64.6 Å². The Hall–Kier alpha value is -1.27. The quantitative estimate of drug-likeness (QED) is 0.650. The maximum atomic E-state index is 11.7. The van der Waals surface area contributed by atoms with Crippen LogP contribution in [0.1, 0.15) is 9.67 Å². The molecule has 94 valence electrons. The fourth-order valence-corrected chi connectivity index (χ4v) is 2.04. The molecular formula is C10H12ClNO4S. The average Bonchev–Trinajstić information content (AvgIpc) is 2.82. The Morgan fingerprint density at radius 2 is 2.24 bits per heavy atom. The number of carbonyl (C=O) groups excluding carboxylic acids is 2. The first-order chi connectivity index (χ1) is 8.10. The minimum Gasteiger partial charge on any atom is -0.495 e. The van der Waals surface area contributed by atoms with E-state index in [1.54, 1.807) is 11.4 Å². The Balaban J connectivity index is 2.53. The van der Waals surface area contributed by atoms with E-state index in [1.807, 2.05) is 0 Å². The van der Waals surface area contributed by atoms with Crippen molar-refractivity contribution >= 4 is 34.8 Å². The summed E-state index contributed by atoms with van der Waals surface area (Å²) in [5, 5.41) is 3.38. The van der Waals surface area contributed by atoms with Gasteiger partial charge in [0.05, 0.1) is 14.2 Å². The molecule has 0 aliphatic heterocycles. The number of hydrogen-bond acceptors (Lipinski definition) is 5. The van der Waals surface area contributed by atoms with Crippen molar-refractivity contribution in [3.63, 3.8) is 0 Å². The highest BCUT2D eigenvalue weighted by Crippen LogP contribution is 2.23. The van der Waals surface area contributed by atoms with Gasteiger partial charge in [-0.2, -0.15) is 0 Å². The van der Waals surface area contributed by atoms with Crippen molar-refractivity contribution < 1.29 is 19.1 Å². The molecular weight excluding hydrogens is 266 g/mol. The van der Waals surface area contributed by atoms with E-state index in [9.17, 15) is 9.59 Å². The van der Waals surface area contributed by atoms with Crippen molar-refractivity contribution in [3.8, 4) is 5.75 Å². The van der Waals surface area contributed by atoms with Gasteiger partial charge >= 0.3 is 5.97 Å². The lowest BCUT2D eigenvalue weighted by molar-refractivity contribution is -0.140. The van der Waals surface area contributed by atoms with Gasteiger partial charge in [-0.15, -0.1) is 22.9 Å². The number of amides is 1. The first-order valence-corrected chi connectivity index (χ1v) is 6.03. The summed E-state index contributed by atoms with van der Waals surface area (Å²) in [4.78, 5) is 23.2. The van der Waals surface area contributed by atoms with Crippen molar-refractivity contribution in [1.82, 2.24) is 5.32 Å². The van der Waals surface area contributed by atoms with E-state index in [4.69, 9.17) is 16.3 Å². The van der Waals surface area contributed by atoms with Gasteiger partial charge < -0.3 is 14.8 Å². The highest BCUT2D eigenvalue weighted by molar-refractivity contribution is 7.12. The second-order valence-electron chi connectivity index (χ2n) is 3.02. The van der Waals surface area contributed by atoms with Gasteiger partial charge in [-0.25, -0.2) is 0 Å². The molecule has 0 aliphatic carbocycles. The van der Waals surface area contributed by atoms with Crippen molar-refractivity contribution in [2.75, 3.05) is 20.8 Å². The summed E-state index contributed by atoms with van der Waals surface area (Å²) in [7, 11) is 2.72. The van der Waals surface area contributed by atoms with Crippen molar-refractivity contribution in [2.24, 2.45) is 0 Å². The Labute approximate surface area is 108 Å². The Morgan fingerprint density at radius 1 is 1.53 bits per heavy atom. The Morgan fingerprint density at radius 3 is 2.82 bits per heavy atom. The van der Waals surface area contributed by atoms with E-state index in [2.05, 4.69) is 10.1 Å². The third-order valence-corrected chi connectivity index (χ3v) is 3.18. The largest absolute Gasteiger partial charge is 0.495 e.